The number of carbonyl (C=O) groups is 1. The Bertz CT molecular complexity index is 750. The number of oxazole rings is 1. The van der Waals surface area contributed by atoms with Crippen LogP contribution in [0.25, 0.3) is 0 Å². The Morgan fingerprint density at radius 1 is 1.35 bits per heavy atom. The Balaban J connectivity index is 1.30. The number of amides is 1. The van der Waals surface area contributed by atoms with Crippen molar-refractivity contribution in [3.63, 3.8) is 0 Å². The minimum atomic E-state index is -0.164. The number of hydrogen-bond donors (Lipinski definition) is 1. The van der Waals surface area contributed by atoms with E-state index in [1.165, 1.54) is 31.9 Å². The second-order valence-electron chi connectivity index (χ2n) is 7.02. The van der Waals surface area contributed by atoms with Gasteiger partial charge in [0.25, 0.3) is 5.91 Å². The van der Waals surface area contributed by atoms with Crippen molar-refractivity contribution in [3.8, 4) is 0 Å². The van der Waals surface area contributed by atoms with Gasteiger partial charge in [-0.3, -0.25) is 9.69 Å². The summed E-state index contributed by atoms with van der Waals surface area (Å²) >= 11 is 1.57. The van der Waals surface area contributed by atoms with E-state index in [1.807, 2.05) is 0 Å². The zero-order chi connectivity index (χ0) is 17.9. The molecule has 2 aliphatic rings. The first-order valence-electron chi connectivity index (χ1n) is 9.14. The maximum Gasteiger partial charge on any atom is 0.275 e. The topological polar surface area (TPSA) is 87.4 Å². The zero-order valence-corrected chi connectivity index (χ0v) is 15.8. The number of likely N-dealkylation sites (tertiary alicyclic amines) is 1. The van der Waals surface area contributed by atoms with Crippen LogP contribution in [0.1, 0.15) is 52.1 Å². The SMILES string of the molecule is CN(Cc1nnc(CN2CCCC2)s1)C(=O)c1coc(CNC2CC2)n1. The standard InChI is InChI=1S/C17H24N6O2S/c1-22(9-15-20-21-16(26-15)10-23-6-2-3-7-23)17(24)13-11-25-14(19-13)8-18-12-4-5-12/h11-12,18H,2-10H2,1H3. The van der Waals surface area contributed by atoms with Gasteiger partial charge in [0.15, 0.2) is 5.69 Å². The van der Waals surface area contributed by atoms with Crippen LogP contribution in [-0.4, -0.2) is 57.1 Å². The summed E-state index contributed by atoms with van der Waals surface area (Å²) in [5, 5.41) is 13.7. The first-order valence-corrected chi connectivity index (χ1v) is 9.96. The molecular weight excluding hydrogens is 352 g/mol. The summed E-state index contributed by atoms with van der Waals surface area (Å²) in [6.45, 7) is 4.13. The maximum absolute atomic E-state index is 12.5. The van der Waals surface area contributed by atoms with E-state index in [9.17, 15) is 4.79 Å². The third-order valence-electron chi connectivity index (χ3n) is 4.68. The van der Waals surface area contributed by atoms with Gasteiger partial charge < -0.3 is 14.6 Å². The second-order valence-corrected chi connectivity index (χ2v) is 8.16. The van der Waals surface area contributed by atoms with Crippen LogP contribution in [0.15, 0.2) is 10.7 Å². The molecule has 1 amide bonds. The molecule has 4 rings (SSSR count). The van der Waals surface area contributed by atoms with Crippen LogP contribution in [0.3, 0.4) is 0 Å². The van der Waals surface area contributed by atoms with Crippen molar-refractivity contribution in [2.75, 3.05) is 20.1 Å². The van der Waals surface area contributed by atoms with E-state index in [2.05, 4.69) is 25.4 Å². The average molecular weight is 376 g/mol. The second kappa shape index (κ2) is 7.81. The molecule has 0 radical (unpaired) electrons. The molecule has 0 bridgehead atoms. The number of hydrogen-bond acceptors (Lipinski definition) is 8. The summed E-state index contributed by atoms with van der Waals surface area (Å²) < 4.78 is 5.39. The van der Waals surface area contributed by atoms with Crippen LogP contribution in [-0.2, 0) is 19.6 Å². The van der Waals surface area contributed by atoms with E-state index in [1.54, 1.807) is 23.3 Å². The summed E-state index contributed by atoms with van der Waals surface area (Å²) in [5.41, 5.74) is 0.335. The van der Waals surface area contributed by atoms with Crippen LogP contribution in [0.4, 0.5) is 0 Å². The molecule has 9 heteroatoms. The fraction of sp³-hybridized carbons (Fsp3) is 0.647. The first kappa shape index (κ1) is 17.6. The van der Waals surface area contributed by atoms with Crippen molar-refractivity contribution in [2.45, 2.75) is 51.4 Å². The Labute approximate surface area is 156 Å². The molecule has 1 N–H and O–H groups in total. The number of carbonyl (C=O) groups excluding carboxylic acids is 1. The molecule has 8 nitrogen and oxygen atoms in total. The predicted octanol–water partition coefficient (Wildman–Crippen LogP) is 1.65. The van der Waals surface area contributed by atoms with Gasteiger partial charge in [0.2, 0.25) is 5.89 Å². The lowest BCUT2D eigenvalue weighted by molar-refractivity contribution is 0.0779. The normalized spacial score (nSPS) is 17.7. The lowest BCUT2D eigenvalue weighted by atomic mass is 10.4. The Hall–Kier alpha value is -1.84. The molecule has 2 aromatic heterocycles. The van der Waals surface area contributed by atoms with Gasteiger partial charge in [-0.2, -0.15) is 0 Å². The summed E-state index contributed by atoms with van der Waals surface area (Å²) in [6, 6.07) is 0.580. The monoisotopic (exact) mass is 376 g/mol. The summed E-state index contributed by atoms with van der Waals surface area (Å²) in [7, 11) is 1.75. The van der Waals surface area contributed by atoms with Crippen LogP contribution < -0.4 is 5.32 Å². The molecule has 140 valence electrons. The molecular formula is C17H24N6O2S. The minimum absolute atomic E-state index is 0.164. The van der Waals surface area contributed by atoms with E-state index >= 15 is 0 Å². The Kier molecular flexibility index (Phi) is 5.28. The Morgan fingerprint density at radius 3 is 2.88 bits per heavy atom. The third-order valence-corrected chi connectivity index (χ3v) is 5.57. The number of rotatable bonds is 8. The van der Waals surface area contributed by atoms with E-state index in [-0.39, 0.29) is 5.91 Å². The lowest BCUT2D eigenvalue weighted by Gasteiger charge is -2.13. The molecule has 2 aromatic rings. The van der Waals surface area contributed by atoms with Gasteiger partial charge in [-0.15, -0.1) is 10.2 Å². The van der Waals surface area contributed by atoms with Crippen LogP contribution in [0.5, 0.6) is 0 Å². The van der Waals surface area contributed by atoms with Gasteiger partial charge in [0.1, 0.15) is 16.3 Å². The van der Waals surface area contributed by atoms with Crippen LogP contribution >= 0.6 is 11.3 Å². The fourth-order valence-electron chi connectivity index (χ4n) is 3.03. The number of nitrogens with zero attached hydrogens (tertiary/aromatic N) is 5. The average Bonchev–Trinajstić information content (AvgIpc) is 3.05. The number of nitrogens with one attached hydrogen (secondary N) is 1. The lowest BCUT2D eigenvalue weighted by Crippen LogP contribution is -2.26. The predicted molar refractivity (Wildman–Crippen MR) is 96.6 cm³/mol. The van der Waals surface area contributed by atoms with Gasteiger partial charge in [-0.1, -0.05) is 11.3 Å². The van der Waals surface area contributed by atoms with Gasteiger partial charge in [-0.25, -0.2) is 4.98 Å². The van der Waals surface area contributed by atoms with Gasteiger partial charge in [0.05, 0.1) is 19.6 Å². The highest BCUT2D eigenvalue weighted by Gasteiger charge is 2.22. The van der Waals surface area contributed by atoms with E-state index in [0.29, 0.717) is 30.7 Å². The van der Waals surface area contributed by atoms with Crippen molar-refractivity contribution in [1.29, 1.82) is 0 Å². The first-order chi connectivity index (χ1) is 12.7. The zero-order valence-electron chi connectivity index (χ0n) is 15.0. The smallest absolute Gasteiger partial charge is 0.275 e. The largest absolute Gasteiger partial charge is 0.447 e. The molecule has 1 saturated carbocycles. The summed E-state index contributed by atoms with van der Waals surface area (Å²) in [5.74, 6) is 0.389. The molecule has 1 aliphatic carbocycles. The molecule has 0 aromatic carbocycles. The third kappa shape index (κ3) is 4.46. The molecule has 0 atom stereocenters. The summed E-state index contributed by atoms with van der Waals surface area (Å²) in [6.07, 6.45) is 6.37. The molecule has 26 heavy (non-hydrogen) atoms. The molecule has 0 unspecified atom stereocenters. The molecule has 3 heterocycles. The summed E-state index contributed by atoms with van der Waals surface area (Å²) in [4.78, 5) is 20.8. The van der Waals surface area contributed by atoms with Crippen molar-refractivity contribution >= 4 is 17.2 Å². The van der Waals surface area contributed by atoms with Gasteiger partial charge in [-0.05, 0) is 38.8 Å². The van der Waals surface area contributed by atoms with Gasteiger partial charge >= 0.3 is 0 Å². The van der Waals surface area contributed by atoms with Crippen LogP contribution in [0, 0.1) is 0 Å². The quantitative estimate of drug-likeness (QED) is 0.749. The highest BCUT2D eigenvalue weighted by atomic mass is 32.1. The fourth-order valence-corrected chi connectivity index (χ4v) is 3.97. The van der Waals surface area contributed by atoms with Crippen molar-refractivity contribution < 1.29 is 9.21 Å². The van der Waals surface area contributed by atoms with Crippen molar-refractivity contribution in [2.24, 2.45) is 0 Å². The Morgan fingerprint density at radius 2 is 2.12 bits per heavy atom. The minimum Gasteiger partial charge on any atom is -0.447 e. The van der Waals surface area contributed by atoms with Gasteiger partial charge in [0, 0.05) is 13.1 Å². The highest BCUT2D eigenvalue weighted by Crippen LogP contribution is 2.20. The maximum atomic E-state index is 12.5. The van der Waals surface area contributed by atoms with Crippen molar-refractivity contribution in [1.82, 2.24) is 30.3 Å². The molecule has 0 spiro atoms. The van der Waals surface area contributed by atoms with E-state index < -0.39 is 0 Å². The molecule has 1 saturated heterocycles. The number of aromatic nitrogens is 3. The molecule has 2 fully saturated rings. The van der Waals surface area contributed by atoms with E-state index in [4.69, 9.17) is 4.42 Å². The van der Waals surface area contributed by atoms with Crippen molar-refractivity contribution in [3.05, 3.63) is 27.9 Å². The molecule has 1 aliphatic heterocycles. The highest BCUT2D eigenvalue weighted by molar-refractivity contribution is 7.11. The van der Waals surface area contributed by atoms with Crippen LogP contribution in [0.2, 0.25) is 0 Å². The van der Waals surface area contributed by atoms with E-state index in [0.717, 1.165) is 29.6 Å².